The summed E-state index contributed by atoms with van der Waals surface area (Å²) >= 11 is 0. The van der Waals surface area contributed by atoms with Crippen molar-refractivity contribution in [2.75, 3.05) is 19.6 Å². The second-order valence-electron chi connectivity index (χ2n) is 7.95. The van der Waals surface area contributed by atoms with Crippen molar-refractivity contribution >= 4 is 11.8 Å². The number of hydrogen-bond donors (Lipinski definition) is 2. The van der Waals surface area contributed by atoms with E-state index in [0.717, 1.165) is 58.2 Å². The fourth-order valence-electron chi connectivity index (χ4n) is 4.09. The molecule has 1 aliphatic heterocycles. The minimum absolute atomic E-state index is 0.169. The average molecular weight is 373 g/mol. The number of nitrogens with zero attached hydrogens (tertiary/aromatic N) is 2. The summed E-state index contributed by atoms with van der Waals surface area (Å²) in [6, 6.07) is 4.28. The molecule has 2 heterocycles. The number of pyridine rings is 1. The molecule has 0 atom stereocenters. The molecule has 2 N–H and O–H groups in total. The summed E-state index contributed by atoms with van der Waals surface area (Å²) < 4.78 is 0. The normalized spacial score (nSPS) is 20.0. The summed E-state index contributed by atoms with van der Waals surface area (Å²) in [5.41, 5.74) is 1.28. The highest BCUT2D eigenvalue weighted by Gasteiger charge is 2.23. The van der Waals surface area contributed by atoms with Crippen LogP contribution in [-0.2, 0) is 16.1 Å². The van der Waals surface area contributed by atoms with E-state index in [1.165, 1.54) is 18.4 Å². The number of carbonyl (C=O) groups excluding carboxylic acids is 2. The maximum Gasteiger partial charge on any atom is 0.309 e. The summed E-state index contributed by atoms with van der Waals surface area (Å²) in [6.07, 6.45) is 12.5. The summed E-state index contributed by atoms with van der Waals surface area (Å²) in [5, 5.41) is 5.76. The average Bonchev–Trinajstić information content (AvgIpc) is 2.96. The molecule has 6 heteroatoms. The smallest absolute Gasteiger partial charge is 0.309 e. The molecule has 1 aliphatic carbocycles. The minimum Gasteiger partial charge on any atom is -0.348 e. The van der Waals surface area contributed by atoms with Gasteiger partial charge in [-0.1, -0.05) is 25.7 Å². The number of rotatable bonds is 5. The molecule has 0 spiro atoms. The number of nitrogens with one attached hydrogen (secondary N) is 2. The van der Waals surface area contributed by atoms with Crippen LogP contribution in [0.1, 0.15) is 56.9 Å². The van der Waals surface area contributed by atoms with Crippen molar-refractivity contribution in [1.29, 1.82) is 0 Å². The lowest BCUT2D eigenvalue weighted by Gasteiger charge is -2.32. The molecule has 6 nitrogen and oxygen atoms in total. The molecular formula is C21H32N4O2. The van der Waals surface area contributed by atoms with E-state index in [9.17, 15) is 9.59 Å². The van der Waals surface area contributed by atoms with Crippen LogP contribution in [0.15, 0.2) is 24.5 Å². The van der Waals surface area contributed by atoms with Gasteiger partial charge in [-0.05, 0) is 62.4 Å². The first-order valence-corrected chi connectivity index (χ1v) is 10.4. The number of likely N-dealkylation sites (tertiary alicyclic amines) is 1. The highest BCUT2D eigenvalue weighted by Crippen LogP contribution is 2.19. The van der Waals surface area contributed by atoms with Crippen LogP contribution in [-0.4, -0.2) is 47.4 Å². The van der Waals surface area contributed by atoms with Gasteiger partial charge in [0, 0.05) is 31.5 Å². The van der Waals surface area contributed by atoms with Crippen molar-refractivity contribution in [3.8, 4) is 0 Å². The summed E-state index contributed by atoms with van der Waals surface area (Å²) in [5.74, 6) is -0.483. The lowest BCUT2D eigenvalue weighted by Crippen LogP contribution is -2.46. The molecule has 1 aromatic heterocycles. The Morgan fingerprint density at radius 2 is 1.63 bits per heavy atom. The van der Waals surface area contributed by atoms with Crippen LogP contribution in [0, 0.1) is 5.92 Å². The molecule has 0 bridgehead atoms. The molecule has 0 radical (unpaired) electrons. The fourth-order valence-corrected chi connectivity index (χ4v) is 4.09. The first-order valence-electron chi connectivity index (χ1n) is 10.4. The molecule has 27 heavy (non-hydrogen) atoms. The van der Waals surface area contributed by atoms with Crippen LogP contribution in [0.25, 0.3) is 0 Å². The van der Waals surface area contributed by atoms with Gasteiger partial charge in [-0.2, -0.15) is 0 Å². The second kappa shape index (κ2) is 10.4. The topological polar surface area (TPSA) is 74.3 Å². The van der Waals surface area contributed by atoms with Gasteiger partial charge < -0.3 is 10.6 Å². The molecule has 0 aromatic carbocycles. The number of carbonyl (C=O) groups is 2. The monoisotopic (exact) mass is 372 g/mol. The molecule has 2 aliphatic rings. The fraction of sp³-hybridized carbons (Fsp3) is 0.667. The first-order chi connectivity index (χ1) is 13.2. The third kappa shape index (κ3) is 6.61. The Kier molecular flexibility index (Phi) is 7.63. The van der Waals surface area contributed by atoms with E-state index in [4.69, 9.17) is 0 Å². The largest absolute Gasteiger partial charge is 0.348 e. The molecule has 148 valence electrons. The Morgan fingerprint density at radius 1 is 0.963 bits per heavy atom. The standard InChI is InChI=1S/C21H32N4O2/c26-20(21(27)24-19-5-3-1-2-4-6-19)23-15-17-9-13-25(14-10-17)16-18-7-11-22-12-8-18/h7-8,11-12,17,19H,1-6,9-10,13-16H2,(H,23,26)(H,24,27). The predicted octanol–water partition coefficient (Wildman–Crippen LogP) is 2.25. The third-order valence-electron chi connectivity index (χ3n) is 5.81. The van der Waals surface area contributed by atoms with E-state index < -0.39 is 11.8 Å². The Labute approximate surface area is 162 Å². The Bertz CT molecular complexity index is 591. The Hall–Kier alpha value is -1.95. The van der Waals surface area contributed by atoms with Crippen LogP contribution in [0.5, 0.6) is 0 Å². The Balaban J connectivity index is 1.33. The van der Waals surface area contributed by atoms with Gasteiger partial charge in [-0.3, -0.25) is 19.5 Å². The van der Waals surface area contributed by atoms with Crippen molar-refractivity contribution in [1.82, 2.24) is 20.5 Å². The van der Waals surface area contributed by atoms with E-state index >= 15 is 0 Å². The van der Waals surface area contributed by atoms with Crippen LogP contribution in [0.4, 0.5) is 0 Å². The van der Waals surface area contributed by atoms with E-state index in [1.54, 1.807) is 0 Å². The molecule has 3 rings (SSSR count). The van der Waals surface area contributed by atoms with Crippen LogP contribution in [0.3, 0.4) is 0 Å². The summed E-state index contributed by atoms with van der Waals surface area (Å²) in [7, 11) is 0. The molecule has 2 amide bonds. The van der Waals surface area contributed by atoms with E-state index in [-0.39, 0.29) is 6.04 Å². The van der Waals surface area contributed by atoms with Crippen LogP contribution >= 0.6 is 0 Å². The van der Waals surface area contributed by atoms with Crippen molar-refractivity contribution < 1.29 is 9.59 Å². The first kappa shape index (κ1) is 19.8. The lowest BCUT2D eigenvalue weighted by atomic mass is 9.96. The lowest BCUT2D eigenvalue weighted by molar-refractivity contribution is -0.139. The van der Waals surface area contributed by atoms with Crippen LogP contribution in [0.2, 0.25) is 0 Å². The maximum absolute atomic E-state index is 12.1. The summed E-state index contributed by atoms with van der Waals surface area (Å²) in [6.45, 7) is 3.60. The van der Waals surface area contributed by atoms with E-state index in [0.29, 0.717) is 12.5 Å². The van der Waals surface area contributed by atoms with Gasteiger partial charge in [0.1, 0.15) is 0 Å². The number of aromatic nitrogens is 1. The highest BCUT2D eigenvalue weighted by molar-refractivity contribution is 6.35. The van der Waals surface area contributed by atoms with Gasteiger partial charge in [0.05, 0.1) is 0 Å². The predicted molar refractivity (Wildman–Crippen MR) is 105 cm³/mol. The number of amides is 2. The quantitative estimate of drug-likeness (QED) is 0.614. The van der Waals surface area contributed by atoms with Gasteiger partial charge in [0.2, 0.25) is 0 Å². The number of piperidine rings is 1. The van der Waals surface area contributed by atoms with Gasteiger partial charge in [0.25, 0.3) is 0 Å². The van der Waals surface area contributed by atoms with Gasteiger partial charge in [-0.15, -0.1) is 0 Å². The molecule has 2 fully saturated rings. The summed E-state index contributed by atoms with van der Waals surface area (Å²) in [4.78, 5) is 30.7. The molecule has 1 saturated heterocycles. The second-order valence-corrected chi connectivity index (χ2v) is 7.95. The zero-order chi connectivity index (χ0) is 18.9. The molecule has 1 saturated carbocycles. The highest BCUT2D eigenvalue weighted by atomic mass is 16.2. The molecule has 0 unspecified atom stereocenters. The SMILES string of the molecule is O=C(NCC1CCN(Cc2ccncc2)CC1)C(=O)NC1CCCCCC1. The van der Waals surface area contributed by atoms with E-state index in [2.05, 4.69) is 32.7 Å². The van der Waals surface area contributed by atoms with Crippen molar-refractivity contribution in [3.63, 3.8) is 0 Å². The zero-order valence-electron chi connectivity index (χ0n) is 16.2. The van der Waals surface area contributed by atoms with E-state index in [1.807, 2.05) is 12.4 Å². The van der Waals surface area contributed by atoms with Crippen molar-refractivity contribution in [2.24, 2.45) is 5.92 Å². The Morgan fingerprint density at radius 3 is 2.30 bits per heavy atom. The molecule has 1 aromatic rings. The maximum atomic E-state index is 12.1. The van der Waals surface area contributed by atoms with Crippen LogP contribution < -0.4 is 10.6 Å². The molecular weight excluding hydrogens is 340 g/mol. The zero-order valence-corrected chi connectivity index (χ0v) is 16.2. The van der Waals surface area contributed by atoms with Crippen molar-refractivity contribution in [2.45, 2.75) is 64.0 Å². The van der Waals surface area contributed by atoms with Gasteiger partial charge >= 0.3 is 11.8 Å². The van der Waals surface area contributed by atoms with Gasteiger partial charge in [-0.25, -0.2) is 0 Å². The number of hydrogen-bond acceptors (Lipinski definition) is 4. The third-order valence-corrected chi connectivity index (χ3v) is 5.81. The van der Waals surface area contributed by atoms with Crippen molar-refractivity contribution in [3.05, 3.63) is 30.1 Å². The minimum atomic E-state index is -0.474. The van der Waals surface area contributed by atoms with Gasteiger partial charge in [0.15, 0.2) is 0 Å².